The molecule has 3 N–H and O–H groups in total. The Labute approximate surface area is 129 Å². The van der Waals surface area contributed by atoms with Crippen LogP contribution in [-0.2, 0) is 21.5 Å². The first-order chi connectivity index (χ1) is 10.7. The lowest BCUT2D eigenvalue weighted by Gasteiger charge is -2.30. The number of nitrogens with two attached hydrogens (primary N) is 1. The zero-order valence-corrected chi connectivity index (χ0v) is 12.5. The van der Waals surface area contributed by atoms with Crippen LogP contribution in [0.1, 0.15) is 24.5 Å². The summed E-state index contributed by atoms with van der Waals surface area (Å²) in [5.41, 5.74) is 7.66. The summed E-state index contributed by atoms with van der Waals surface area (Å²) >= 11 is 0. The summed E-state index contributed by atoms with van der Waals surface area (Å²) in [5.74, 6) is 0.220. The van der Waals surface area contributed by atoms with E-state index in [1.54, 1.807) is 18.3 Å². The zero-order valence-electron chi connectivity index (χ0n) is 12.5. The van der Waals surface area contributed by atoms with E-state index in [4.69, 9.17) is 10.5 Å². The molecule has 114 valence electrons. The van der Waals surface area contributed by atoms with Crippen LogP contribution in [0, 0.1) is 0 Å². The highest BCUT2D eigenvalue weighted by Crippen LogP contribution is 2.41. The van der Waals surface area contributed by atoms with Crippen LogP contribution in [0.15, 0.2) is 42.6 Å². The maximum absolute atomic E-state index is 12.7. The number of benzene rings is 1. The maximum Gasteiger partial charge on any atom is 0.336 e. The fraction of sp³-hybridized carbons (Fsp3) is 0.294. The number of carbonyl (C=O) groups is 1. The predicted molar refractivity (Wildman–Crippen MR) is 85.3 cm³/mol. The number of rotatable bonds is 4. The van der Waals surface area contributed by atoms with Gasteiger partial charge in [0.15, 0.2) is 5.54 Å². The van der Waals surface area contributed by atoms with Gasteiger partial charge in [0.05, 0.1) is 12.3 Å². The third kappa shape index (κ3) is 2.28. The highest BCUT2D eigenvalue weighted by Gasteiger charge is 2.47. The number of pyridine rings is 1. The van der Waals surface area contributed by atoms with Gasteiger partial charge in [0.1, 0.15) is 5.82 Å². The van der Waals surface area contributed by atoms with Crippen molar-refractivity contribution in [3.8, 4) is 0 Å². The van der Waals surface area contributed by atoms with Crippen LogP contribution in [0.5, 0.6) is 0 Å². The molecule has 1 heterocycles. The molecule has 0 bridgehead atoms. The molecule has 0 radical (unpaired) electrons. The first kappa shape index (κ1) is 14.4. The average Bonchev–Trinajstić information content (AvgIpc) is 2.90. The number of ether oxygens (including phenoxy) is 1. The van der Waals surface area contributed by atoms with Gasteiger partial charge in [-0.15, -0.1) is 0 Å². The molecule has 0 fully saturated rings. The van der Waals surface area contributed by atoms with Gasteiger partial charge in [-0.1, -0.05) is 24.3 Å². The van der Waals surface area contributed by atoms with Crippen LogP contribution in [0.4, 0.5) is 11.5 Å². The number of aromatic nitrogens is 1. The Bertz CT molecular complexity index is 702. The van der Waals surface area contributed by atoms with Gasteiger partial charge in [-0.25, -0.2) is 9.78 Å². The van der Waals surface area contributed by atoms with Crippen LogP contribution in [0.25, 0.3) is 0 Å². The standard InChI is InChI=1S/C17H19N3O2/c1-2-22-16(21)17(20-15-14(18)8-5-11-19-15)10-9-12-6-3-4-7-13(12)17/h3-8,11H,2,9-10,18H2,1H3,(H,19,20)/t17-/m1/s1. The van der Waals surface area contributed by atoms with Gasteiger partial charge in [-0.05, 0) is 43.0 Å². The van der Waals surface area contributed by atoms with Crippen LogP contribution in [0.3, 0.4) is 0 Å². The van der Waals surface area contributed by atoms with Crippen molar-refractivity contribution < 1.29 is 9.53 Å². The summed E-state index contributed by atoms with van der Waals surface area (Å²) in [6, 6.07) is 11.4. The topological polar surface area (TPSA) is 77.2 Å². The molecule has 0 saturated heterocycles. The highest BCUT2D eigenvalue weighted by molar-refractivity contribution is 5.88. The fourth-order valence-corrected chi connectivity index (χ4v) is 2.98. The van der Waals surface area contributed by atoms with E-state index in [1.165, 1.54) is 0 Å². The molecule has 1 atom stereocenters. The van der Waals surface area contributed by atoms with Crippen molar-refractivity contribution in [2.24, 2.45) is 0 Å². The second kappa shape index (κ2) is 5.67. The number of fused-ring (bicyclic) bond motifs is 1. The minimum absolute atomic E-state index is 0.287. The van der Waals surface area contributed by atoms with Gasteiger partial charge in [0, 0.05) is 6.20 Å². The van der Waals surface area contributed by atoms with Crippen molar-refractivity contribution in [1.82, 2.24) is 4.98 Å². The normalized spacial score (nSPS) is 19.5. The number of hydrogen-bond donors (Lipinski definition) is 2. The Morgan fingerprint density at radius 2 is 2.18 bits per heavy atom. The zero-order chi connectivity index (χ0) is 15.6. The number of nitrogen functional groups attached to an aromatic ring is 1. The first-order valence-corrected chi connectivity index (χ1v) is 7.41. The quantitative estimate of drug-likeness (QED) is 0.848. The van der Waals surface area contributed by atoms with Crippen molar-refractivity contribution in [2.75, 3.05) is 17.7 Å². The van der Waals surface area contributed by atoms with E-state index in [9.17, 15) is 4.79 Å². The lowest BCUT2D eigenvalue weighted by atomic mass is 9.91. The number of nitrogens with one attached hydrogen (secondary N) is 1. The molecule has 1 aliphatic carbocycles. The molecule has 0 unspecified atom stereocenters. The van der Waals surface area contributed by atoms with Crippen LogP contribution in [0.2, 0.25) is 0 Å². The Morgan fingerprint density at radius 1 is 1.36 bits per heavy atom. The number of esters is 1. The van der Waals surface area contributed by atoms with E-state index in [2.05, 4.69) is 10.3 Å². The van der Waals surface area contributed by atoms with Crippen LogP contribution < -0.4 is 11.1 Å². The number of carbonyl (C=O) groups excluding carboxylic acids is 1. The van der Waals surface area contributed by atoms with Gasteiger partial charge in [0.2, 0.25) is 0 Å². The monoisotopic (exact) mass is 297 g/mol. The molecule has 0 aliphatic heterocycles. The summed E-state index contributed by atoms with van der Waals surface area (Å²) in [4.78, 5) is 17.0. The second-order valence-electron chi connectivity index (χ2n) is 5.35. The molecule has 2 aromatic rings. The van der Waals surface area contributed by atoms with Crippen LogP contribution >= 0.6 is 0 Å². The van der Waals surface area contributed by atoms with E-state index >= 15 is 0 Å². The molecule has 1 aliphatic rings. The first-order valence-electron chi connectivity index (χ1n) is 7.41. The van der Waals surface area contributed by atoms with Gasteiger partial charge in [0.25, 0.3) is 0 Å². The van der Waals surface area contributed by atoms with E-state index in [1.807, 2.05) is 31.2 Å². The molecule has 22 heavy (non-hydrogen) atoms. The fourth-order valence-electron chi connectivity index (χ4n) is 2.98. The molecule has 1 aromatic carbocycles. The minimum Gasteiger partial charge on any atom is -0.464 e. The molecule has 5 heteroatoms. The molecular weight excluding hydrogens is 278 g/mol. The number of aryl methyl sites for hydroxylation is 1. The largest absolute Gasteiger partial charge is 0.464 e. The van der Waals surface area contributed by atoms with E-state index in [0.29, 0.717) is 24.5 Å². The van der Waals surface area contributed by atoms with Crippen LogP contribution in [-0.4, -0.2) is 17.6 Å². The lowest BCUT2D eigenvalue weighted by molar-refractivity contribution is -0.149. The van der Waals surface area contributed by atoms with Gasteiger partial charge < -0.3 is 15.8 Å². The molecule has 3 rings (SSSR count). The van der Waals surface area contributed by atoms with Crippen molar-refractivity contribution in [1.29, 1.82) is 0 Å². The SMILES string of the molecule is CCOC(=O)[C@@]1(Nc2ncccc2N)CCc2ccccc21. The van der Waals surface area contributed by atoms with Gasteiger partial charge in [-0.2, -0.15) is 0 Å². The van der Waals surface area contributed by atoms with Gasteiger partial charge in [-0.3, -0.25) is 0 Å². The Kier molecular flexibility index (Phi) is 3.71. The third-order valence-corrected chi connectivity index (χ3v) is 4.04. The summed E-state index contributed by atoms with van der Waals surface area (Å²) in [7, 11) is 0. The Balaban J connectivity index is 2.06. The minimum atomic E-state index is -0.922. The molecular formula is C17H19N3O2. The molecule has 0 spiro atoms. The molecule has 1 aromatic heterocycles. The third-order valence-electron chi connectivity index (χ3n) is 4.04. The molecule has 0 amide bonds. The van der Waals surface area contributed by atoms with Crippen molar-refractivity contribution >= 4 is 17.5 Å². The summed E-state index contributed by atoms with van der Waals surface area (Å²) in [5, 5.41) is 3.25. The predicted octanol–water partition coefficient (Wildman–Crippen LogP) is 2.48. The number of nitrogens with zero attached hydrogens (tertiary/aromatic N) is 1. The maximum atomic E-state index is 12.7. The average molecular weight is 297 g/mol. The number of anilines is 2. The molecule has 5 nitrogen and oxygen atoms in total. The smallest absolute Gasteiger partial charge is 0.336 e. The second-order valence-corrected chi connectivity index (χ2v) is 5.35. The highest BCUT2D eigenvalue weighted by atomic mass is 16.5. The lowest BCUT2D eigenvalue weighted by Crippen LogP contribution is -2.43. The summed E-state index contributed by atoms with van der Waals surface area (Å²) in [6.45, 7) is 2.14. The van der Waals surface area contributed by atoms with E-state index < -0.39 is 5.54 Å². The van der Waals surface area contributed by atoms with Crippen molar-refractivity contribution in [3.63, 3.8) is 0 Å². The summed E-state index contributed by atoms with van der Waals surface area (Å²) < 4.78 is 5.33. The number of hydrogen-bond acceptors (Lipinski definition) is 5. The van der Waals surface area contributed by atoms with Crippen molar-refractivity contribution in [2.45, 2.75) is 25.3 Å². The summed E-state index contributed by atoms with van der Waals surface area (Å²) in [6.07, 6.45) is 3.09. The molecule has 0 saturated carbocycles. The Morgan fingerprint density at radius 3 is 2.95 bits per heavy atom. The van der Waals surface area contributed by atoms with E-state index in [-0.39, 0.29) is 5.97 Å². The van der Waals surface area contributed by atoms with Gasteiger partial charge >= 0.3 is 5.97 Å². The van der Waals surface area contributed by atoms with Crippen molar-refractivity contribution in [3.05, 3.63) is 53.7 Å². The van der Waals surface area contributed by atoms with E-state index in [0.717, 1.165) is 17.5 Å². The Hall–Kier alpha value is -2.56.